The number of rotatable bonds is 7. The normalized spacial score (nSPS) is 13.2. The molecule has 0 fully saturated rings. The second-order valence-electron chi connectivity index (χ2n) is 6.04. The van der Waals surface area contributed by atoms with Gasteiger partial charge in [0.15, 0.2) is 0 Å². The number of quaternary nitrogens is 1. The van der Waals surface area contributed by atoms with Crippen molar-refractivity contribution in [3.05, 3.63) is 0 Å². The summed E-state index contributed by atoms with van der Waals surface area (Å²) in [5.74, 6) is 0. The Hall–Kier alpha value is -0.120. The number of ether oxygens (including phenoxy) is 1. The molecule has 0 radical (unpaired) electrons. The second kappa shape index (κ2) is 6.46. The molecule has 0 atom stereocenters. The molecule has 0 aromatic rings. The van der Waals surface area contributed by atoms with E-state index in [9.17, 15) is 5.11 Å². The van der Waals surface area contributed by atoms with Crippen molar-refractivity contribution in [2.75, 3.05) is 26.4 Å². The zero-order chi connectivity index (χ0) is 11.9. The summed E-state index contributed by atoms with van der Waals surface area (Å²) in [4.78, 5) is 0. The summed E-state index contributed by atoms with van der Waals surface area (Å²) in [6.45, 7) is 13.1. The number of nitrogens with two attached hydrogens (primary N) is 1. The van der Waals surface area contributed by atoms with Gasteiger partial charge in [0.05, 0.1) is 18.7 Å². The Bertz CT molecular complexity index is 161. The van der Waals surface area contributed by atoms with Gasteiger partial charge >= 0.3 is 0 Å². The molecule has 0 spiro atoms. The highest BCUT2D eigenvalue weighted by Crippen LogP contribution is 2.24. The van der Waals surface area contributed by atoms with E-state index in [4.69, 9.17) is 4.74 Å². The summed E-state index contributed by atoms with van der Waals surface area (Å²) in [6.07, 6.45) is 1.17. The molecular formula is C12H27NO2. The van der Waals surface area contributed by atoms with E-state index in [2.05, 4.69) is 39.9 Å². The Morgan fingerprint density at radius 2 is 1.67 bits per heavy atom. The van der Waals surface area contributed by atoms with Crippen molar-refractivity contribution in [3.8, 4) is 0 Å². The lowest BCUT2D eigenvalue weighted by Crippen LogP contribution is -2.96. The van der Waals surface area contributed by atoms with Crippen LogP contribution >= 0.6 is 0 Å². The maximum atomic E-state index is 10.1. The average Bonchev–Trinajstić information content (AvgIpc) is 1.99. The largest absolute Gasteiger partial charge is 0.853 e. The zero-order valence-electron chi connectivity index (χ0n) is 10.9. The van der Waals surface area contributed by atoms with E-state index in [-0.39, 0.29) is 12.1 Å². The monoisotopic (exact) mass is 217 g/mol. The highest BCUT2D eigenvalue weighted by molar-refractivity contribution is 4.74. The molecule has 3 nitrogen and oxygen atoms in total. The Labute approximate surface area is 94.2 Å². The maximum absolute atomic E-state index is 10.1. The van der Waals surface area contributed by atoms with Gasteiger partial charge in [-0.15, -0.1) is 6.61 Å². The van der Waals surface area contributed by atoms with E-state index in [0.717, 1.165) is 6.54 Å². The highest BCUT2D eigenvalue weighted by atomic mass is 16.5. The van der Waals surface area contributed by atoms with E-state index < -0.39 is 0 Å². The quantitative estimate of drug-likeness (QED) is 0.617. The Morgan fingerprint density at radius 3 is 2.13 bits per heavy atom. The zero-order valence-corrected chi connectivity index (χ0v) is 10.9. The fourth-order valence-corrected chi connectivity index (χ4v) is 2.13. The van der Waals surface area contributed by atoms with Gasteiger partial charge in [-0.3, -0.25) is 0 Å². The van der Waals surface area contributed by atoms with Gasteiger partial charge < -0.3 is 15.2 Å². The van der Waals surface area contributed by atoms with Crippen molar-refractivity contribution in [1.82, 2.24) is 0 Å². The van der Waals surface area contributed by atoms with Crippen LogP contribution in [0.5, 0.6) is 0 Å². The molecule has 0 unspecified atom stereocenters. The molecular weight excluding hydrogens is 190 g/mol. The summed E-state index contributed by atoms with van der Waals surface area (Å²) >= 11 is 0. The van der Waals surface area contributed by atoms with Crippen molar-refractivity contribution in [2.45, 2.75) is 46.6 Å². The van der Waals surface area contributed by atoms with Gasteiger partial charge in [-0.2, -0.15) is 0 Å². The molecule has 0 aromatic carbocycles. The molecule has 92 valence electrons. The minimum atomic E-state index is -0.134. The van der Waals surface area contributed by atoms with Crippen LogP contribution in [0, 0.1) is 5.41 Å². The molecule has 0 heterocycles. The summed E-state index contributed by atoms with van der Waals surface area (Å²) in [6, 6.07) is 0. The molecule has 0 aliphatic rings. The number of hydrogen-bond acceptors (Lipinski definition) is 2. The van der Waals surface area contributed by atoms with E-state index in [0.29, 0.717) is 18.6 Å². The van der Waals surface area contributed by atoms with Crippen molar-refractivity contribution in [3.63, 3.8) is 0 Å². The van der Waals surface area contributed by atoms with Crippen molar-refractivity contribution < 1.29 is 15.2 Å². The van der Waals surface area contributed by atoms with Crippen LogP contribution < -0.4 is 10.4 Å². The van der Waals surface area contributed by atoms with Crippen molar-refractivity contribution in [1.29, 1.82) is 0 Å². The lowest BCUT2D eigenvalue weighted by atomic mass is 9.82. The predicted octanol–water partition coefficient (Wildman–Crippen LogP) is 0.142. The van der Waals surface area contributed by atoms with Crippen LogP contribution in [0.3, 0.4) is 0 Å². The second-order valence-corrected chi connectivity index (χ2v) is 6.04. The summed E-state index contributed by atoms with van der Waals surface area (Å²) in [5, 5.41) is 12.5. The first-order valence-corrected chi connectivity index (χ1v) is 5.77. The van der Waals surface area contributed by atoms with Gasteiger partial charge in [0.2, 0.25) is 0 Å². The third-order valence-electron chi connectivity index (χ3n) is 2.17. The van der Waals surface area contributed by atoms with Crippen LogP contribution in [-0.2, 0) is 4.74 Å². The Kier molecular flexibility index (Phi) is 6.41. The minimum Gasteiger partial charge on any atom is -0.853 e. The maximum Gasteiger partial charge on any atom is 0.0997 e. The summed E-state index contributed by atoms with van der Waals surface area (Å²) in [7, 11) is 0. The van der Waals surface area contributed by atoms with Crippen LogP contribution in [0.2, 0.25) is 0 Å². The lowest BCUT2D eigenvalue weighted by molar-refractivity contribution is -0.724. The molecule has 15 heavy (non-hydrogen) atoms. The lowest BCUT2D eigenvalue weighted by Gasteiger charge is -2.30. The van der Waals surface area contributed by atoms with E-state index in [1.54, 1.807) is 0 Å². The first-order chi connectivity index (χ1) is 6.77. The van der Waals surface area contributed by atoms with Crippen LogP contribution in [0.4, 0.5) is 0 Å². The van der Waals surface area contributed by atoms with Gasteiger partial charge in [-0.05, 0) is 19.3 Å². The Balaban J connectivity index is 3.65. The molecule has 2 N–H and O–H groups in total. The third-order valence-corrected chi connectivity index (χ3v) is 2.17. The van der Waals surface area contributed by atoms with Gasteiger partial charge in [-0.25, -0.2) is 0 Å². The fourth-order valence-electron chi connectivity index (χ4n) is 2.13. The molecule has 0 saturated carbocycles. The van der Waals surface area contributed by atoms with E-state index in [1.165, 1.54) is 6.42 Å². The van der Waals surface area contributed by atoms with Crippen molar-refractivity contribution >= 4 is 0 Å². The van der Waals surface area contributed by atoms with Crippen LogP contribution in [0.1, 0.15) is 41.0 Å². The summed E-state index contributed by atoms with van der Waals surface area (Å²) in [5.41, 5.74) is 0.606. The van der Waals surface area contributed by atoms with Gasteiger partial charge in [0.25, 0.3) is 0 Å². The van der Waals surface area contributed by atoms with E-state index >= 15 is 0 Å². The molecule has 0 bridgehead atoms. The fraction of sp³-hybridized carbons (Fsp3) is 1.00. The molecule has 3 heteroatoms. The SMILES string of the molecule is CC(C)(C)CC(C)(C)[NH2+]CCOCC[O-]. The third kappa shape index (κ3) is 10.2. The van der Waals surface area contributed by atoms with Gasteiger partial charge in [-0.1, -0.05) is 20.8 Å². The predicted molar refractivity (Wildman–Crippen MR) is 60.6 cm³/mol. The van der Waals surface area contributed by atoms with E-state index in [1.807, 2.05) is 0 Å². The first-order valence-electron chi connectivity index (χ1n) is 5.77. The van der Waals surface area contributed by atoms with Crippen LogP contribution in [-0.4, -0.2) is 31.9 Å². The molecule has 0 amide bonds. The minimum absolute atomic E-state index is 0.134. The smallest absolute Gasteiger partial charge is 0.0997 e. The van der Waals surface area contributed by atoms with Gasteiger partial charge in [0, 0.05) is 13.0 Å². The van der Waals surface area contributed by atoms with Crippen molar-refractivity contribution in [2.24, 2.45) is 5.41 Å². The first kappa shape index (κ1) is 14.9. The Morgan fingerprint density at radius 1 is 1.07 bits per heavy atom. The molecule has 0 rings (SSSR count). The average molecular weight is 217 g/mol. The van der Waals surface area contributed by atoms with Crippen LogP contribution in [0.25, 0.3) is 0 Å². The molecule has 0 saturated heterocycles. The van der Waals surface area contributed by atoms with Gasteiger partial charge in [0.1, 0.15) is 0 Å². The number of hydrogen-bond donors (Lipinski definition) is 1. The summed E-state index contributed by atoms with van der Waals surface area (Å²) < 4.78 is 5.16. The molecule has 0 aliphatic heterocycles. The van der Waals surface area contributed by atoms with Crippen LogP contribution in [0.15, 0.2) is 0 Å². The molecule has 0 aromatic heterocycles. The standard InChI is InChI=1S/C12H26NO2/c1-11(2,3)10-12(4,5)13-6-8-15-9-7-14/h13H,6-10H2,1-5H3/q-1/p+1. The highest BCUT2D eigenvalue weighted by Gasteiger charge is 2.27. The topological polar surface area (TPSA) is 48.9 Å². The molecule has 0 aliphatic carbocycles.